The number of benzene rings is 11. The van der Waals surface area contributed by atoms with Gasteiger partial charge in [0.1, 0.15) is 0 Å². The SMILES string of the molecule is CCc1ccc(N(c2ccc(C)cc2)c2ccc3c4cc5c(cc4n4c6ccccc6c2c34)c2ccc(N(c3ccc(C)cc3)c3ccc(CC)cc3-c3ccccc3)c3c4ccccc4n5c23)c(-c2ccccc2)c1. The zero-order chi connectivity index (χ0) is 50.8. The highest BCUT2D eigenvalue weighted by molar-refractivity contribution is 6.32. The van der Waals surface area contributed by atoms with Crippen LogP contribution in [-0.2, 0) is 12.8 Å². The molecule has 0 amide bonds. The summed E-state index contributed by atoms with van der Waals surface area (Å²) in [5.41, 5.74) is 24.2. The van der Waals surface area contributed by atoms with Crippen LogP contribution in [0.5, 0.6) is 0 Å². The van der Waals surface area contributed by atoms with E-state index in [1.54, 1.807) is 0 Å². The molecule has 0 radical (unpaired) electrons. The van der Waals surface area contributed by atoms with Gasteiger partial charge < -0.3 is 18.6 Å². The number of hydrogen-bond donors (Lipinski definition) is 0. The van der Waals surface area contributed by atoms with E-state index in [2.05, 4.69) is 277 Å². The molecule has 0 atom stereocenters. The Balaban J connectivity index is 1.01. The third-order valence-corrected chi connectivity index (χ3v) is 16.4. The van der Waals surface area contributed by atoms with Crippen molar-refractivity contribution in [3.63, 3.8) is 0 Å². The minimum atomic E-state index is 0.963. The van der Waals surface area contributed by atoms with Crippen LogP contribution in [0.4, 0.5) is 34.1 Å². The molecule has 0 aliphatic carbocycles. The fourth-order valence-electron chi connectivity index (χ4n) is 12.7. The lowest BCUT2D eigenvalue weighted by Gasteiger charge is -2.29. The van der Waals surface area contributed by atoms with Crippen molar-refractivity contribution in [2.45, 2.75) is 40.5 Å². The number of para-hydroxylation sites is 2. The first-order valence-electron chi connectivity index (χ1n) is 26.9. The van der Waals surface area contributed by atoms with Gasteiger partial charge in [-0.15, -0.1) is 0 Å². The van der Waals surface area contributed by atoms with Crippen molar-refractivity contribution in [2.75, 3.05) is 9.80 Å². The summed E-state index contributed by atoms with van der Waals surface area (Å²) in [6, 6.07) is 86.6. The van der Waals surface area contributed by atoms with Crippen molar-refractivity contribution in [3.05, 3.63) is 253 Å². The van der Waals surface area contributed by atoms with E-state index in [0.717, 1.165) is 47.0 Å². The topological polar surface area (TPSA) is 15.3 Å². The van der Waals surface area contributed by atoms with Gasteiger partial charge >= 0.3 is 0 Å². The van der Waals surface area contributed by atoms with Crippen molar-refractivity contribution < 1.29 is 0 Å². The van der Waals surface area contributed by atoms with E-state index in [4.69, 9.17) is 0 Å². The van der Waals surface area contributed by atoms with E-state index in [1.165, 1.54) is 121 Å². The summed E-state index contributed by atoms with van der Waals surface area (Å²) >= 11 is 0. The number of hydrogen-bond acceptors (Lipinski definition) is 2. The summed E-state index contributed by atoms with van der Waals surface area (Å²) in [6.45, 7) is 8.83. The molecule has 4 heterocycles. The minimum Gasteiger partial charge on any atom is -0.309 e. The van der Waals surface area contributed by atoms with E-state index in [0.29, 0.717) is 0 Å². The zero-order valence-electron chi connectivity index (χ0n) is 43.1. The van der Waals surface area contributed by atoms with E-state index < -0.39 is 0 Å². The van der Waals surface area contributed by atoms with Crippen molar-refractivity contribution >= 4 is 110 Å². The molecule has 0 aliphatic rings. The van der Waals surface area contributed by atoms with Crippen LogP contribution < -0.4 is 9.80 Å². The molecule has 0 unspecified atom stereocenters. The Morgan fingerprint density at radius 1 is 0.316 bits per heavy atom. The smallest absolute Gasteiger partial charge is 0.0641 e. The quantitative estimate of drug-likeness (QED) is 0.136. The Kier molecular flexibility index (Phi) is 9.93. The molecular weight excluding hydrogens is 921 g/mol. The number of anilines is 6. The maximum atomic E-state index is 2.56. The normalized spacial score (nSPS) is 12.1. The summed E-state index contributed by atoms with van der Waals surface area (Å²) in [5, 5.41) is 9.98. The fourth-order valence-corrected chi connectivity index (χ4v) is 12.7. The second-order valence-corrected chi connectivity index (χ2v) is 20.8. The molecule has 0 aliphatic heterocycles. The third-order valence-electron chi connectivity index (χ3n) is 16.4. The van der Waals surface area contributed by atoms with Crippen LogP contribution in [0.25, 0.3) is 98.4 Å². The van der Waals surface area contributed by atoms with Gasteiger partial charge in [0.05, 0.1) is 55.8 Å². The van der Waals surface area contributed by atoms with Gasteiger partial charge in [0.15, 0.2) is 0 Å². The highest BCUT2D eigenvalue weighted by Gasteiger charge is 2.29. The van der Waals surface area contributed by atoms with E-state index in [9.17, 15) is 0 Å². The van der Waals surface area contributed by atoms with Crippen LogP contribution in [0.3, 0.4) is 0 Å². The molecular formula is C72H54N4. The number of aryl methyl sites for hydroxylation is 4. The number of aromatic nitrogens is 2. The van der Waals surface area contributed by atoms with Crippen LogP contribution in [0.15, 0.2) is 231 Å². The molecule has 11 aromatic carbocycles. The lowest BCUT2D eigenvalue weighted by atomic mass is 9.97. The minimum absolute atomic E-state index is 0.963. The van der Waals surface area contributed by atoms with Gasteiger partial charge in [-0.2, -0.15) is 0 Å². The Bertz CT molecular complexity index is 4410. The van der Waals surface area contributed by atoms with Gasteiger partial charge in [0, 0.05) is 65.6 Å². The molecule has 0 bridgehead atoms. The standard InChI is InChI=1S/C72H54N4/c1-5-47-29-37-63(57(41-47)49-17-9-7-10-18-49)73(51-31-25-45(3)26-32-51)65-39-35-53-59-43-68-60(44-67(59)75-61-23-15-13-21-55(61)69(65)71(53)75)54-36-40-66(70-56-22-14-16-24-62(56)76(68)72(54)70)74(52-33-27-46(4)28-34-52)64-38-30-48(6-2)42-58(64)50-19-11-8-12-20-50/h7-44H,5-6H2,1-4H3. The van der Waals surface area contributed by atoms with Crippen LogP contribution in [0.2, 0.25) is 0 Å². The lowest BCUT2D eigenvalue weighted by Crippen LogP contribution is -2.12. The van der Waals surface area contributed by atoms with Gasteiger partial charge in [-0.1, -0.05) is 171 Å². The Hall–Kier alpha value is -9.38. The first-order chi connectivity index (χ1) is 37.4. The van der Waals surface area contributed by atoms with E-state index in [-0.39, 0.29) is 0 Å². The monoisotopic (exact) mass is 974 g/mol. The lowest BCUT2D eigenvalue weighted by molar-refractivity contribution is 1.14. The number of nitrogens with zero attached hydrogens (tertiary/aromatic N) is 4. The third kappa shape index (κ3) is 6.50. The highest BCUT2D eigenvalue weighted by Crippen LogP contribution is 2.53. The maximum absolute atomic E-state index is 2.56. The van der Waals surface area contributed by atoms with Gasteiger partial charge in [0.25, 0.3) is 0 Å². The van der Waals surface area contributed by atoms with Crippen LogP contribution in [-0.4, -0.2) is 8.80 Å². The second kappa shape index (κ2) is 17.1. The van der Waals surface area contributed by atoms with Crippen molar-refractivity contribution in [3.8, 4) is 22.3 Å². The Labute approximate surface area is 442 Å². The maximum Gasteiger partial charge on any atom is 0.0641 e. The molecule has 76 heavy (non-hydrogen) atoms. The summed E-state index contributed by atoms with van der Waals surface area (Å²) < 4.78 is 5.12. The average molecular weight is 975 g/mol. The molecule has 0 fully saturated rings. The molecule has 15 aromatic rings. The van der Waals surface area contributed by atoms with Gasteiger partial charge in [0.2, 0.25) is 0 Å². The highest BCUT2D eigenvalue weighted by atomic mass is 15.2. The molecule has 362 valence electrons. The van der Waals surface area contributed by atoms with Crippen LogP contribution >= 0.6 is 0 Å². The second-order valence-electron chi connectivity index (χ2n) is 20.8. The summed E-state index contributed by atoms with van der Waals surface area (Å²) in [4.78, 5) is 5.02. The number of rotatable bonds is 10. The van der Waals surface area contributed by atoms with Gasteiger partial charge in [-0.25, -0.2) is 0 Å². The van der Waals surface area contributed by atoms with E-state index in [1.807, 2.05) is 0 Å². The van der Waals surface area contributed by atoms with Crippen molar-refractivity contribution in [1.29, 1.82) is 0 Å². The molecule has 0 N–H and O–H groups in total. The Morgan fingerprint density at radius 3 is 1.11 bits per heavy atom. The predicted molar refractivity (Wildman–Crippen MR) is 324 cm³/mol. The van der Waals surface area contributed by atoms with Crippen LogP contribution in [0.1, 0.15) is 36.1 Å². The average Bonchev–Trinajstić information content (AvgIpc) is 4.41. The summed E-state index contributed by atoms with van der Waals surface area (Å²) in [5.74, 6) is 0. The largest absolute Gasteiger partial charge is 0.309 e. The molecule has 4 nitrogen and oxygen atoms in total. The number of fused-ring (bicyclic) bond motifs is 12. The Morgan fingerprint density at radius 2 is 0.697 bits per heavy atom. The first kappa shape index (κ1) is 44.1. The van der Waals surface area contributed by atoms with Crippen molar-refractivity contribution in [1.82, 2.24) is 8.80 Å². The molecule has 4 aromatic heterocycles. The van der Waals surface area contributed by atoms with Gasteiger partial charge in [-0.3, -0.25) is 0 Å². The summed E-state index contributed by atoms with van der Waals surface area (Å²) in [7, 11) is 0. The zero-order valence-corrected chi connectivity index (χ0v) is 43.1. The van der Waals surface area contributed by atoms with Crippen molar-refractivity contribution in [2.24, 2.45) is 0 Å². The van der Waals surface area contributed by atoms with Gasteiger partial charge in [-0.05, 0) is 134 Å². The van der Waals surface area contributed by atoms with Crippen LogP contribution in [0, 0.1) is 13.8 Å². The molecule has 0 saturated heterocycles. The fraction of sp³-hybridized carbons (Fsp3) is 0.0833. The predicted octanol–water partition coefficient (Wildman–Crippen LogP) is 20.0. The molecule has 0 saturated carbocycles. The molecule has 15 rings (SSSR count). The van der Waals surface area contributed by atoms with E-state index >= 15 is 0 Å². The molecule has 0 spiro atoms. The molecule has 4 heteroatoms. The first-order valence-corrected chi connectivity index (χ1v) is 26.9. The summed E-state index contributed by atoms with van der Waals surface area (Å²) in [6.07, 6.45) is 1.93.